The summed E-state index contributed by atoms with van der Waals surface area (Å²) in [5.74, 6) is 0.726. The second-order valence-electron chi connectivity index (χ2n) is 6.21. The highest BCUT2D eigenvalue weighted by Crippen LogP contribution is 2.49. The maximum absolute atomic E-state index is 12.3. The molecule has 5 nitrogen and oxygen atoms in total. The van der Waals surface area contributed by atoms with Crippen LogP contribution in [0.1, 0.15) is 43.0 Å². The van der Waals surface area contributed by atoms with E-state index in [1.165, 1.54) is 30.7 Å². The molecule has 7 heteroatoms. The summed E-state index contributed by atoms with van der Waals surface area (Å²) in [7, 11) is -3.62. The Labute approximate surface area is 128 Å². The number of fused-ring (bicyclic) bond motifs is 2. The van der Waals surface area contributed by atoms with Crippen molar-refractivity contribution in [3.8, 4) is 0 Å². The third-order valence-electron chi connectivity index (χ3n) is 4.86. The fourth-order valence-electron chi connectivity index (χ4n) is 3.87. The van der Waals surface area contributed by atoms with Crippen LogP contribution in [0, 0.1) is 17.8 Å². The van der Waals surface area contributed by atoms with Crippen molar-refractivity contribution in [2.45, 2.75) is 42.9 Å². The molecule has 4 unspecified atom stereocenters. The lowest BCUT2D eigenvalue weighted by Crippen LogP contribution is -2.39. The monoisotopic (exact) mass is 329 g/mol. The minimum Gasteiger partial charge on any atom is -0.478 e. The van der Waals surface area contributed by atoms with Crippen LogP contribution in [-0.2, 0) is 10.0 Å². The van der Waals surface area contributed by atoms with E-state index in [9.17, 15) is 13.2 Å². The quantitative estimate of drug-likeness (QED) is 0.869. The lowest BCUT2D eigenvalue weighted by atomic mass is 9.84. The zero-order valence-electron chi connectivity index (χ0n) is 11.8. The summed E-state index contributed by atoms with van der Waals surface area (Å²) in [6, 6.07) is 1.13. The highest BCUT2D eigenvalue weighted by Gasteiger charge is 2.42. The van der Waals surface area contributed by atoms with Gasteiger partial charge in [-0.15, -0.1) is 11.3 Å². The summed E-state index contributed by atoms with van der Waals surface area (Å²) < 4.78 is 27.5. The van der Waals surface area contributed by atoms with Gasteiger partial charge in [0.15, 0.2) is 0 Å². The number of carboxylic acid groups (broad SMARTS) is 1. The van der Waals surface area contributed by atoms with Gasteiger partial charge in [0, 0.05) is 11.4 Å². The number of sulfonamides is 1. The summed E-state index contributed by atoms with van der Waals surface area (Å²) in [6.07, 6.45) is 4.84. The summed E-state index contributed by atoms with van der Waals surface area (Å²) in [5.41, 5.74) is 0.0213. The molecular weight excluding hydrogens is 310 g/mol. The van der Waals surface area contributed by atoms with Crippen LogP contribution in [0.3, 0.4) is 0 Å². The predicted octanol–water partition coefficient (Wildman–Crippen LogP) is 2.55. The molecule has 1 aromatic rings. The van der Waals surface area contributed by atoms with Gasteiger partial charge in [-0.1, -0.05) is 6.42 Å². The van der Waals surface area contributed by atoms with Crippen molar-refractivity contribution in [2.24, 2.45) is 17.8 Å². The Balaban J connectivity index is 1.71. The number of thiophene rings is 1. The lowest BCUT2D eigenvalue weighted by molar-refractivity contribution is 0.0697. The van der Waals surface area contributed by atoms with Crippen molar-refractivity contribution in [3.05, 3.63) is 17.0 Å². The predicted molar refractivity (Wildman–Crippen MR) is 80.0 cm³/mol. The van der Waals surface area contributed by atoms with Crippen LogP contribution >= 0.6 is 11.3 Å². The van der Waals surface area contributed by atoms with Gasteiger partial charge in [-0.2, -0.15) is 0 Å². The molecule has 2 aliphatic carbocycles. The van der Waals surface area contributed by atoms with Crippen LogP contribution < -0.4 is 4.72 Å². The van der Waals surface area contributed by atoms with Gasteiger partial charge in [0.25, 0.3) is 0 Å². The molecule has 2 fully saturated rings. The number of hydrogen-bond acceptors (Lipinski definition) is 4. The fourth-order valence-corrected chi connectivity index (χ4v) is 6.33. The van der Waals surface area contributed by atoms with Crippen molar-refractivity contribution in [1.82, 2.24) is 4.72 Å². The van der Waals surface area contributed by atoms with Crippen LogP contribution in [0.2, 0.25) is 0 Å². The Kier molecular flexibility index (Phi) is 3.83. The highest BCUT2D eigenvalue weighted by molar-refractivity contribution is 7.91. The summed E-state index contributed by atoms with van der Waals surface area (Å²) in [6.45, 7) is 1.93. The Bertz CT molecular complexity index is 652. The van der Waals surface area contributed by atoms with E-state index in [1.54, 1.807) is 0 Å². The molecule has 0 amide bonds. The molecule has 21 heavy (non-hydrogen) atoms. The van der Waals surface area contributed by atoms with Gasteiger partial charge in [-0.3, -0.25) is 0 Å². The van der Waals surface area contributed by atoms with Crippen molar-refractivity contribution in [2.75, 3.05) is 0 Å². The first-order valence-corrected chi connectivity index (χ1v) is 9.57. The Morgan fingerprint density at radius 2 is 2.19 bits per heavy atom. The average molecular weight is 329 g/mol. The summed E-state index contributed by atoms with van der Waals surface area (Å²) in [4.78, 5) is 10.9. The topological polar surface area (TPSA) is 83.5 Å². The highest BCUT2D eigenvalue weighted by atomic mass is 32.2. The van der Waals surface area contributed by atoms with Crippen LogP contribution in [-0.4, -0.2) is 25.5 Å². The molecule has 3 rings (SSSR count). The van der Waals surface area contributed by atoms with Gasteiger partial charge in [-0.05, 0) is 50.0 Å². The third-order valence-corrected chi connectivity index (χ3v) is 7.86. The van der Waals surface area contributed by atoms with Gasteiger partial charge >= 0.3 is 5.97 Å². The molecule has 2 aliphatic rings. The number of carboxylic acids is 1. The van der Waals surface area contributed by atoms with Crippen LogP contribution in [0.15, 0.2) is 15.7 Å². The first kappa shape index (κ1) is 15.0. The molecule has 0 spiro atoms. The lowest BCUT2D eigenvalue weighted by Gasteiger charge is -2.28. The zero-order chi connectivity index (χ0) is 15.2. The van der Waals surface area contributed by atoms with E-state index in [0.717, 1.165) is 23.7 Å². The van der Waals surface area contributed by atoms with Crippen LogP contribution in [0.4, 0.5) is 0 Å². The largest absolute Gasteiger partial charge is 0.478 e. The first-order valence-electron chi connectivity index (χ1n) is 7.21. The second kappa shape index (κ2) is 5.37. The van der Waals surface area contributed by atoms with Crippen molar-refractivity contribution >= 4 is 27.3 Å². The summed E-state index contributed by atoms with van der Waals surface area (Å²) >= 11 is 0.953. The van der Waals surface area contributed by atoms with Gasteiger partial charge < -0.3 is 5.11 Å². The number of rotatable bonds is 5. The van der Waals surface area contributed by atoms with Gasteiger partial charge in [0.1, 0.15) is 4.21 Å². The molecule has 1 aromatic heterocycles. The van der Waals surface area contributed by atoms with Crippen LogP contribution in [0.5, 0.6) is 0 Å². The number of aromatic carboxylic acids is 1. The molecule has 116 valence electrons. The maximum Gasteiger partial charge on any atom is 0.336 e. The van der Waals surface area contributed by atoms with Crippen molar-refractivity contribution in [1.29, 1.82) is 0 Å². The minimum absolute atomic E-state index is 0.0213. The SMILES string of the molecule is CC(NS(=O)(=O)c1cc(C(=O)O)cs1)C1CC2CCC1C2. The molecule has 0 aliphatic heterocycles. The average Bonchev–Trinajstić information content (AvgIpc) is 3.13. The van der Waals surface area contributed by atoms with Gasteiger partial charge in [0.2, 0.25) is 10.0 Å². The fraction of sp³-hybridized carbons (Fsp3) is 0.643. The standard InChI is InChI=1S/C14H19NO4S2/c1-8(12-5-9-2-3-10(12)4-9)15-21(18,19)13-6-11(7-20-13)14(16)17/h6-10,12,15H,2-5H2,1H3,(H,16,17). The molecular formula is C14H19NO4S2. The zero-order valence-corrected chi connectivity index (χ0v) is 13.4. The molecule has 4 atom stereocenters. The molecule has 0 aromatic carbocycles. The first-order chi connectivity index (χ1) is 9.87. The van der Waals surface area contributed by atoms with E-state index in [1.807, 2.05) is 6.92 Å². The number of nitrogens with one attached hydrogen (secondary N) is 1. The second-order valence-corrected chi connectivity index (χ2v) is 9.06. The van der Waals surface area contributed by atoms with Crippen molar-refractivity contribution < 1.29 is 18.3 Å². The van der Waals surface area contributed by atoms with Crippen LogP contribution in [0.25, 0.3) is 0 Å². The van der Waals surface area contributed by atoms with Gasteiger partial charge in [0.05, 0.1) is 5.56 Å². The normalized spacial score (nSPS) is 29.7. The minimum atomic E-state index is -3.62. The maximum atomic E-state index is 12.3. The Morgan fingerprint density at radius 3 is 2.71 bits per heavy atom. The van der Waals surface area contributed by atoms with Gasteiger partial charge in [-0.25, -0.2) is 17.9 Å². The molecule has 0 radical (unpaired) electrons. The third kappa shape index (κ3) is 2.86. The molecule has 2 saturated carbocycles. The molecule has 2 N–H and O–H groups in total. The molecule has 1 heterocycles. The van der Waals surface area contributed by atoms with E-state index < -0.39 is 16.0 Å². The Hall–Kier alpha value is -0.920. The smallest absolute Gasteiger partial charge is 0.336 e. The van der Waals surface area contributed by atoms with Crippen molar-refractivity contribution in [3.63, 3.8) is 0 Å². The molecule has 0 saturated heterocycles. The summed E-state index contributed by atoms with van der Waals surface area (Å²) in [5, 5.41) is 10.2. The number of hydrogen-bond donors (Lipinski definition) is 2. The Morgan fingerprint density at radius 1 is 1.43 bits per heavy atom. The molecule has 2 bridgehead atoms. The van der Waals surface area contributed by atoms with E-state index in [-0.39, 0.29) is 15.8 Å². The van der Waals surface area contributed by atoms with E-state index in [2.05, 4.69) is 4.72 Å². The van der Waals surface area contributed by atoms with E-state index in [0.29, 0.717) is 11.8 Å². The van der Waals surface area contributed by atoms with E-state index >= 15 is 0 Å². The number of carbonyl (C=O) groups is 1. The van der Waals surface area contributed by atoms with E-state index in [4.69, 9.17) is 5.11 Å².